The lowest BCUT2D eigenvalue weighted by atomic mass is 9.90. The van der Waals surface area contributed by atoms with Gasteiger partial charge in [0.15, 0.2) is 0 Å². The van der Waals surface area contributed by atoms with E-state index in [-0.39, 0.29) is 12.2 Å². The molecular weight excluding hydrogens is 344 g/mol. The van der Waals surface area contributed by atoms with Gasteiger partial charge in [-0.1, -0.05) is 29.8 Å². The van der Waals surface area contributed by atoms with E-state index in [1.54, 1.807) is 43.3 Å². The molecule has 2 amide bonds. The Morgan fingerprint density at radius 1 is 0.926 bits per heavy atom. The van der Waals surface area contributed by atoms with Gasteiger partial charge in [0.1, 0.15) is 5.41 Å². The molecule has 0 aliphatic carbocycles. The van der Waals surface area contributed by atoms with Gasteiger partial charge >= 0.3 is 5.97 Å². The highest BCUT2D eigenvalue weighted by Gasteiger charge is 2.36. The zero-order valence-corrected chi connectivity index (χ0v) is 16.0. The Morgan fingerprint density at radius 2 is 1.52 bits per heavy atom. The summed E-state index contributed by atoms with van der Waals surface area (Å²) in [6, 6.07) is 13.8. The Morgan fingerprint density at radius 3 is 2.15 bits per heavy atom. The molecule has 0 saturated heterocycles. The fraction of sp³-hybridized carbons (Fsp3) is 0.286. The van der Waals surface area contributed by atoms with Crippen LogP contribution in [0.25, 0.3) is 0 Å². The number of hydrogen-bond acceptors (Lipinski definition) is 4. The van der Waals surface area contributed by atoms with Crippen LogP contribution in [-0.2, 0) is 14.3 Å². The minimum atomic E-state index is -1.35. The van der Waals surface area contributed by atoms with E-state index in [1.165, 1.54) is 13.8 Å². The van der Waals surface area contributed by atoms with E-state index in [1.807, 2.05) is 19.1 Å². The average molecular weight is 368 g/mol. The van der Waals surface area contributed by atoms with Gasteiger partial charge < -0.3 is 15.4 Å². The molecule has 0 unspecified atom stereocenters. The standard InChI is InChI=1S/C21H24N2O4/c1-5-27-18(24)16-8-6-7-9-17(16)23-20(26)21(3,4)19(25)22-15-12-10-14(2)11-13-15/h6-13H,5H2,1-4H3,(H,22,25)(H,23,26). The van der Waals surface area contributed by atoms with Gasteiger partial charge in [-0.3, -0.25) is 9.59 Å². The van der Waals surface area contributed by atoms with E-state index in [0.717, 1.165) is 5.56 Å². The second kappa shape index (κ2) is 8.49. The number of rotatable bonds is 6. The van der Waals surface area contributed by atoms with Crippen LogP contribution in [0.15, 0.2) is 48.5 Å². The monoisotopic (exact) mass is 368 g/mol. The van der Waals surface area contributed by atoms with Crippen LogP contribution in [0.1, 0.15) is 36.7 Å². The zero-order valence-electron chi connectivity index (χ0n) is 16.0. The summed E-state index contributed by atoms with van der Waals surface area (Å²) in [5.41, 5.74) is 0.866. The molecule has 0 aliphatic rings. The third-order valence-corrected chi connectivity index (χ3v) is 4.12. The van der Waals surface area contributed by atoms with Gasteiger partial charge in [0.25, 0.3) is 0 Å². The molecular formula is C21H24N2O4. The number of para-hydroxylation sites is 1. The molecule has 0 aliphatic heterocycles. The minimum Gasteiger partial charge on any atom is -0.462 e. The Labute approximate surface area is 158 Å². The number of carbonyl (C=O) groups is 3. The largest absolute Gasteiger partial charge is 0.462 e. The molecule has 0 fully saturated rings. The normalized spacial score (nSPS) is 10.8. The van der Waals surface area contributed by atoms with Crippen LogP contribution in [0, 0.1) is 12.3 Å². The van der Waals surface area contributed by atoms with Crippen molar-refractivity contribution in [3.8, 4) is 0 Å². The van der Waals surface area contributed by atoms with Gasteiger partial charge in [-0.2, -0.15) is 0 Å². The van der Waals surface area contributed by atoms with Crippen LogP contribution < -0.4 is 10.6 Å². The van der Waals surface area contributed by atoms with Crippen LogP contribution in [-0.4, -0.2) is 24.4 Å². The third-order valence-electron chi connectivity index (χ3n) is 4.12. The van der Waals surface area contributed by atoms with Crippen LogP contribution in [0.3, 0.4) is 0 Å². The lowest BCUT2D eigenvalue weighted by molar-refractivity contribution is -0.135. The molecule has 2 aromatic rings. The molecule has 6 heteroatoms. The number of hydrogen-bond donors (Lipinski definition) is 2. The number of amides is 2. The quantitative estimate of drug-likeness (QED) is 0.600. The number of anilines is 2. The van der Waals surface area contributed by atoms with Gasteiger partial charge in [0.2, 0.25) is 11.8 Å². The molecule has 0 saturated carbocycles. The van der Waals surface area contributed by atoms with Gasteiger partial charge in [-0.05, 0) is 52.0 Å². The second-order valence-corrected chi connectivity index (χ2v) is 6.67. The smallest absolute Gasteiger partial charge is 0.340 e. The summed E-state index contributed by atoms with van der Waals surface area (Å²) in [6.45, 7) is 6.94. The maximum Gasteiger partial charge on any atom is 0.340 e. The lowest BCUT2D eigenvalue weighted by Gasteiger charge is -2.23. The molecule has 0 radical (unpaired) electrons. The topological polar surface area (TPSA) is 84.5 Å². The maximum atomic E-state index is 12.7. The van der Waals surface area contributed by atoms with E-state index in [9.17, 15) is 14.4 Å². The highest BCUT2D eigenvalue weighted by molar-refractivity contribution is 6.15. The van der Waals surface area contributed by atoms with Gasteiger partial charge in [-0.15, -0.1) is 0 Å². The fourth-order valence-electron chi connectivity index (χ4n) is 2.28. The molecule has 0 heterocycles. The highest BCUT2D eigenvalue weighted by Crippen LogP contribution is 2.24. The van der Waals surface area contributed by atoms with Crippen LogP contribution in [0.4, 0.5) is 11.4 Å². The predicted molar refractivity (Wildman–Crippen MR) is 105 cm³/mol. The van der Waals surface area contributed by atoms with Crippen molar-refractivity contribution in [1.82, 2.24) is 0 Å². The Bertz CT molecular complexity index is 842. The number of ether oxygens (including phenoxy) is 1. The summed E-state index contributed by atoms with van der Waals surface area (Å²) in [5.74, 6) is -1.50. The first-order chi connectivity index (χ1) is 12.8. The third kappa shape index (κ3) is 4.94. The summed E-state index contributed by atoms with van der Waals surface area (Å²) in [7, 11) is 0. The van der Waals surface area contributed by atoms with Crippen molar-refractivity contribution >= 4 is 29.2 Å². The van der Waals surface area contributed by atoms with Crippen LogP contribution in [0.2, 0.25) is 0 Å². The number of aryl methyl sites for hydroxylation is 1. The van der Waals surface area contributed by atoms with Crippen molar-refractivity contribution in [3.05, 3.63) is 59.7 Å². The summed E-state index contributed by atoms with van der Waals surface area (Å²) in [4.78, 5) is 37.4. The molecule has 0 atom stereocenters. The molecule has 2 N–H and O–H groups in total. The first kappa shape index (κ1) is 20.2. The van der Waals surface area contributed by atoms with Crippen LogP contribution in [0.5, 0.6) is 0 Å². The first-order valence-corrected chi connectivity index (χ1v) is 8.71. The van der Waals surface area contributed by atoms with Crippen molar-refractivity contribution in [3.63, 3.8) is 0 Å². The van der Waals surface area contributed by atoms with Gasteiger partial charge in [-0.25, -0.2) is 4.79 Å². The summed E-state index contributed by atoms with van der Waals surface area (Å²) < 4.78 is 5.00. The van der Waals surface area contributed by atoms with E-state index < -0.39 is 23.2 Å². The Kier molecular flexibility index (Phi) is 6.34. The maximum absolute atomic E-state index is 12.7. The van der Waals surface area contributed by atoms with Crippen molar-refractivity contribution in [1.29, 1.82) is 0 Å². The number of esters is 1. The zero-order chi connectivity index (χ0) is 20.0. The highest BCUT2D eigenvalue weighted by atomic mass is 16.5. The van der Waals surface area contributed by atoms with Gasteiger partial charge in [0.05, 0.1) is 17.9 Å². The van der Waals surface area contributed by atoms with Crippen molar-refractivity contribution in [2.75, 3.05) is 17.2 Å². The average Bonchev–Trinajstić information content (AvgIpc) is 2.64. The summed E-state index contributed by atoms with van der Waals surface area (Å²) in [5, 5.41) is 5.41. The SMILES string of the molecule is CCOC(=O)c1ccccc1NC(=O)C(C)(C)C(=O)Nc1ccc(C)cc1. The van der Waals surface area contributed by atoms with E-state index in [0.29, 0.717) is 11.4 Å². The molecule has 142 valence electrons. The van der Waals surface area contributed by atoms with E-state index in [2.05, 4.69) is 10.6 Å². The van der Waals surface area contributed by atoms with E-state index >= 15 is 0 Å². The number of carbonyl (C=O) groups excluding carboxylic acids is 3. The number of nitrogens with one attached hydrogen (secondary N) is 2. The number of benzene rings is 2. The van der Waals surface area contributed by atoms with Crippen LogP contribution >= 0.6 is 0 Å². The van der Waals surface area contributed by atoms with Crippen molar-refractivity contribution < 1.29 is 19.1 Å². The van der Waals surface area contributed by atoms with Gasteiger partial charge in [0, 0.05) is 5.69 Å². The molecule has 0 aromatic heterocycles. The lowest BCUT2D eigenvalue weighted by Crippen LogP contribution is -2.41. The molecule has 0 bridgehead atoms. The van der Waals surface area contributed by atoms with Crippen molar-refractivity contribution in [2.24, 2.45) is 5.41 Å². The predicted octanol–water partition coefficient (Wildman–Crippen LogP) is 3.78. The Balaban J connectivity index is 2.15. The molecule has 2 rings (SSSR count). The first-order valence-electron chi connectivity index (χ1n) is 8.71. The summed E-state index contributed by atoms with van der Waals surface area (Å²) >= 11 is 0. The Hall–Kier alpha value is -3.15. The molecule has 2 aromatic carbocycles. The summed E-state index contributed by atoms with van der Waals surface area (Å²) in [6.07, 6.45) is 0. The van der Waals surface area contributed by atoms with Crippen molar-refractivity contribution in [2.45, 2.75) is 27.7 Å². The minimum absolute atomic E-state index is 0.228. The molecule has 0 spiro atoms. The molecule has 6 nitrogen and oxygen atoms in total. The molecule has 27 heavy (non-hydrogen) atoms. The van der Waals surface area contributed by atoms with E-state index in [4.69, 9.17) is 4.74 Å². The fourth-order valence-corrected chi connectivity index (χ4v) is 2.28. The second-order valence-electron chi connectivity index (χ2n) is 6.67.